The molecule has 0 heteroatoms. The second kappa shape index (κ2) is 5.83. The highest BCUT2D eigenvalue weighted by molar-refractivity contribution is 5.65. The van der Waals surface area contributed by atoms with Gasteiger partial charge in [0.1, 0.15) is 0 Å². The van der Waals surface area contributed by atoms with Crippen molar-refractivity contribution in [2.24, 2.45) is 11.3 Å². The van der Waals surface area contributed by atoms with E-state index >= 15 is 0 Å². The van der Waals surface area contributed by atoms with Crippen LogP contribution in [0.1, 0.15) is 51.7 Å². The van der Waals surface area contributed by atoms with Gasteiger partial charge in [-0.2, -0.15) is 0 Å². The summed E-state index contributed by atoms with van der Waals surface area (Å²) in [5, 5.41) is 0. The van der Waals surface area contributed by atoms with Crippen LogP contribution in [-0.2, 0) is 0 Å². The van der Waals surface area contributed by atoms with Crippen LogP contribution in [0.15, 0.2) is 48.6 Å². The molecule has 0 nitrogen and oxygen atoms in total. The zero-order chi connectivity index (χ0) is 14.8. The predicted octanol–water partition coefficient (Wildman–Crippen LogP) is 6.12. The third-order valence-electron chi connectivity index (χ3n) is 4.45. The molecule has 0 heterocycles. The van der Waals surface area contributed by atoms with E-state index in [9.17, 15) is 0 Å². The van der Waals surface area contributed by atoms with E-state index in [4.69, 9.17) is 0 Å². The zero-order valence-electron chi connectivity index (χ0n) is 13.2. The van der Waals surface area contributed by atoms with Crippen LogP contribution in [-0.4, -0.2) is 0 Å². The van der Waals surface area contributed by atoms with Crippen LogP contribution in [0.4, 0.5) is 0 Å². The number of rotatable bonds is 3. The van der Waals surface area contributed by atoms with Crippen LogP contribution in [0.3, 0.4) is 0 Å². The van der Waals surface area contributed by atoms with Crippen LogP contribution < -0.4 is 0 Å². The second-order valence-corrected chi connectivity index (χ2v) is 6.72. The first kappa shape index (κ1) is 14.8. The topological polar surface area (TPSA) is 0 Å². The summed E-state index contributed by atoms with van der Waals surface area (Å²) in [5.41, 5.74) is 5.48. The number of hydrogen-bond donors (Lipinski definition) is 0. The summed E-state index contributed by atoms with van der Waals surface area (Å²) >= 11 is 0. The Labute approximate surface area is 123 Å². The van der Waals surface area contributed by atoms with E-state index in [2.05, 4.69) is 76.8 Å². The molecule has 0 bridgehead atoms. The molecule has 106 valence electrons. The molecule has 0 spiro atoms. The van der Waals surface area contributed by atoms with E-state index < -0.39 is 0 Å². The molecule has 0 amide bonds. The summed E-state index contributed by atoms with van der Waals surface area (Å²) in [7, 11) is 0. The molecule has 1 aliphatic rings. The van der Waals surface area contributed by atoms with Crippen LogP contribution in [0, 0.1) is 11.3 Å². The van der Waals surface area contributed by atoms with Crippen molar-refractivity contribution >= 4 is 11.6 Å². The third kappa shape index (κ3) is 3.30. The van der Waals surface area contributed by atoms with E-state index in [0.717, 1.165) is 5.57 Å². The van der Waals surface area contributed by atoms with Gasteiger partial charge in [0.25, 0.3) is 0 Å². The van der Waals surface area contributed by atoms with Crippen molar-refractivity contribution in [1.29, 1.82) is 0 Å². The minimum absolute atomic E-state index is 0.362. The van der Waals surface area contributed by atoms with Gasteiger partial charge in [-0.25, -0.2) is 0 Å². The first-order chi connectivity index (χ1) is 9.40. The summed E-state index contributed by atoms with van der Waals surface area (Å²) in [6.07, 6.45) is 9.52. The summed E-state index contributed by atoms with van der Waals surface area (Å²) < 4.78 is 0. The lowest BCUT2D eigenvalue weighted by Gasteiger charge is -2.36. The largest absolute Gasteiger partial charge is 0.0955 e. The van der Waals surface area contributed by atoms with Gasteiger partial charge in [-0.1, -0.05) is 68.0 Å². The molecule has 1 aliphatic carbocycles. The van der Waals surface area contributed by atoms with Crippen molar-refractivity contribution in [2.75, 3.05) is 0 Å². The Kier molecular flexibility index (Phi) is 4.32. The van der Waals surface area contributed by atoms with Gasteiger partial charge >= 0.3 is 0 Å². The standard InChI is InChI=1S/C20H26/c1-15(2)18-10-6-9-17(14-18)11-12-19-16(3)8-7-13-20(19,4)5/h6,8-12,14,19H,1,7,13H2,2-5H3/b12-11+. The molecule has 0 fully saturated rings. The highest BCUT2D eigenvalue weighted by Gasteiger charge is 2.30. The van der Waals surface area contributed by atoms with Gasteiger partial charge in [-0.15, -0.1) is 0 Å². The lowest BCUT2D eigenvalue weighted by molar-refractivity contribution is 0.256. The lowest BCUT2D eigenvalue weighted by Crippen LogP contribution is -2.26. The van der Waals surface area contributed by atoms with Crippen molar-refractivity contribution in [3.8, 4) is 0 Å². The molecule has 0 N–H and O–H groups in total. The van der Waals surface area contributed by atoms with E-state index in [1.165, 1.54) is 29.5 Å². The van der Waals surface area contributed by atoms with Gasteiger partial charge < -0.3 is 0 Å². The van der Waals surface area contributed by atoms with Crippen molar-refractivity contribution in [1.82, 2.24) is 0 Å². The molecule has 0 radical (unpaired) electrons. The monoisotopic (exact) mass is 266 g/mol. The maximum Gasteiger partial charge on any atom is 0.00286 e. The molecule has 0 aliphatic heterocycles. The molecular formula is C20H26. The van der Waals surface area contributed by atoms with Crippen LogP contribution in [0.5, 0.6) is 0 Å². The van der Waals surface area contributed by atoms with Crippen LogP contribution in [0.25, 0.3) is 11.6 Å². The molecule has 1 unspecified atom stereocenters. The number of benzene rings is 1. The van der Waals surface area contributed by atoms with Gasteiger partial charge in [0.15, 0.2) is 0 Å². The first-order valence-corrected chi connectivity index (χ1v) is 7.51. The molecular weight excluding hydrogens is 240 g/mol. The van der Waals surface area contributed by atoms with Gasteiger partial charge in [0, 0.05) is 5.92 Å². The fraction of sp³-hybridized carbons (Fsp3) is 0.400. The first-order valence-electron chi connectivity index (χ1n) is 7.51. The molecule has 1 aromatic carbocycles. The molecule has 0 saturated heterocycles. The molecule has 1 aromatic rings. The Hall–Kier alpha value is -1.56. The highest BCUT2D eigenvalue weighted by atomic mass is 14.3. The van der Waals surface area contributed by atoms with Crippen molar-refractivity contribution in [3.63, 3.8) is 0 Å². The Morgan fingerprint density at radius 3 is 2.75 bits per heavy atom. The summed E-state index contributed by atoms with van der Waals surface area (Å²) in [4.78, 5) is 0. The summed E-state index contributed by atoms with van der Waals surface area (Å²) in [6.45, 7) is 13.1. The SMILES string of the molecule is C=C(C)c1cccc(/C=C/C2C(C)=CCCC2(C)C)c1. The third-order valence-corrected chi connectivity index (χ3v) is 4.45. The minimum atomic E-state index is 0.362. The maximum atomic E-state index is 4.02. The second-order valence-electron chi connectivity index (χ2n) is 6.72. The van der Waals surface area contributed by atoms with E-state index in [1.807, 2.05) is 0 Å². The maximum absolute atomic E-state index is 4.02. The average molecular weight is 266 g/mol. The molecule has 20 heavy (non-hydrogen) atoms. The minimum Gasteiger partial charge on any atom is -0.0955 e. The quantitative estimate of drug-likeness (QED) is 0.578. The fourth-order valence-electron chi connectivity index (χ4n) is 3.10. The van der Waals surface area contributed by atoms with Gasteiger partial charge in [0.2, 0.25) is 0 Å². The Balaban J connectivity index is 2.24. The number of hydrogen-bond acceptors (Lipinski definition) is 0. The van der Waals surface area contributed by atoms with Gasteiger partial charge in [-0.05, 0) is 49.3 Å². The highest BCUT2D eigenvalue weighted by Crippen LogP contribution is 2.41. The van der Waals surface area contributed by atoms with E-state index in [-0.39, 0.29) is 0 Å². The van der Waals surface area contributed by atoms with Gasteiger partial charge in [0.05, 0.1) is 0 Å². The molecule has 0 saturated carbocycles. The average Bonchev–Trinajstić information content (AvgIpc) is 2.37. The normalized spacial score (nSPS) is 21.8. The van der Waals surface area contributed by atoms with E-state index in [0.29, 0.717) is 11.3 Å². The Morgan fingerprint density at radius 2 is 2.10 bits per heavy atom. The predicted molar refractivity (Wildman–Crippen MR) is 90.4 cm³/mol. The fourth-order valence-corrected chi connectivity index (χ4v) is 3.10. The van der Waals surface area contributed by atoms with Crippen LogP contribution in [0.2, 0.25) is 0 Å². The van der Waals surface area contributed by atoms with E-state index in [1.54, 1.807) is 0 Å². The van der Waals surface area contributed by atoms with Crippen LogP contribution >= 0.6 is 0 Å². The molecule has 2 rings (SSSR count). The van der Waals surface area contributed by atoms with Crippen molar-refractivity contribution < 1.29 is 0 Å². The van der Waals surface area contributed by atoms with Crippen molar-refractivity contribution in [3.05, 3.63) is 59.7 Å². The zero-order valence-corrected chi connectivity index (χ0v) is 13.2. The summed E-state index contributed by atoms with van der Waals surface area (Å²) in [6, 6.07) is 8.61. The smallest absolute Gasteiger partial charge is 0.00286 e. The Morgan fingerprint density at radius 1 is 1.35 bits per heavy atom. The van der Waals surface area contributed by atoms with Crippen molar-refractivity contribution in [2.45, 2.75) is 40.5 Å². The summed E-state index contributed by atoms with van der Waals surface area (Å²) in [5.74, 6) is 0.546. The number of allylic oxidation sites excluding steroid dienone is 4. The lowest BCUT2D eigenvalue weighted by atomic mass is 9.68. The molecule has 0 aromatic heterocycles. The molecule has 1 atom stereocenters. The van der Waals surface area contributed by atoms with Gasteiger partial charge in [-0.3, -0.25) is 0 Å². The Bertz CT molecular complexity index is 555.